The van der Waals surface area contributed by atoms with Gasteiger partial charge in [0, 0.05) is 11.1 Å². The second kappa shape index (κ2) is 6.18. The third kappa shape index (κ3) is 3.37. The average molecular weight is 334 g/mol. The smallest absolute Gasteiger partial charge is 0.400 e. The Kier molecular flexibility index (Phi) is 4.08. The molecule has 6 nitrogen and oxygen atoms in total. The Hall–Kier alpha value is -2.73. The number of hydrogen-bond donors (Lipinski definition) is 1. The first kappa shape index (κ1) is 15.2. The van der Waals surface area contributed by atoms with Crippen molar-refractivity contribution in [3.63, 3.8) is 0 Å². The monoisotopic (exact) mass is 333 g/mol. The summed E-state index contributed by atoms with van der Waals surface area (Å²) in [5.74, 6) is -0.489. The van der Waals surface area contributed by atoms with E-state index in [0.717, 1.165) is 0 Å². The van der Waals surface area contributed by atoms with E-state index in [4.69, 9.17) is 30.6 Å². The Morgan fingerprint density at radius 1 is 1.26 bits per heavy atom. The zero-order valence-electron chi connectivity index (χ0n) is 12.0. The summed E-state index contributed by atoms with van der Waals surface area (Å²) in [7, 11) is 0. The first-order valence-corrected chi connectivity index (χ1v) is 7.13. The van der Waals surface area contributed by atoms with Crippen LogP contribution in [-0.4, -0.2) is 22.2 Å². The summed E-state index contributed by atoms with van der Waals surface area (Å²) in [5, 5.41) is 9.46. The highest BCUT2D eigenvalue weighted by Gasteiger charge is 2.17. The van der Waals surface area contributed by atoms with Gasteiger partial charge in [-0.1, -0.05) is 23.7 Å². The van der Waals surface area contributed by atoms with Crippen molar-refractivity contribution in [1.29, 1.82) is 0 Å². The fourth-order valence-electron chi connectivity index (χ4n) is 1.89. The lowest BCUT2D eigenvalue weighted by Gasteiger charge is -2.13. The maximum Gasteiger partial charge on any atom is 0.400 e. The van der Waals surface area contributed by atoms with Crippen LogP contribution in [0.25, 0.3) is 11.1 Å². The van der Waals surface area contributed by atoms with E-state index in [1.54, 1.807) is 42.5 Å². The number of para-hydroxylation sites is 2. The number of aromatic nitrogens is 1. The molecule has 1 atom stereocenters. The highest BCUT2D eigenvalue weighted by atomic mass is 35.5. The van der Waals surface area contributed by atoms with Crippen molar-refractivity contribution in [2.75, 3.05) is 0 Å². The SMILES string of the molecule is CC(Oc1ccccc1Oc1nc2ccc(Cl)cc2o1)C(=O)O. The van der Waals surface area contributed by atoms with Crippen LogP contribution >= 0.6 is 11.6 Å². The van der Waals surface area contributed by atoms with Gasteiger partial charge in [0.1, 0.15) is 5.52 Å². The molecule has 0 bridgehead atoms. The Morgan fingerprint density at radius 3 is 2.74 bits per heavy atom. The molecule has 2 aromatic carbocycles. The fourth-order valence-corrected chi connectivity index (χ4v) is 2.05. The second-order valence-electron chi connectivity index (χ2n) is 4.74. The fraction of sp³-hybridized carbons (Fsp3) is 0.125. The number of fused-ring (bicyclic) bond motifs is 1. The molecule has 3 rings (SSSR count). The topological polar surface area (TPSA) is 81.8 Å². The van der Waals surface area contributed by atoms with E-state index in [1.807, 2.05) is 0 Å². The summed E-state index contributed by atoms with van der Waals surface area (Å²) >= 11 is 5.90. The Balaban J connectivity index is 1.88. The Labute approximate surface area is 136 Å². The van der Waals surface area contributed by atoms with Crippen molar-refractivity contribution in [2.24, 2.45) is 0 Å². The van der Waals surface area contributed by atoms with E-state index in [2.05, 4.69) is 4.98 Å². The molecule has 1 unspecified atom stereocenters. The normalized spacial score (nSPS) is 12.1. The molecular formula is C16H12ClNO5. The molecule has 118 valence electrons. The second-order valence-corrected chi connectivity index (χ2v) is 5.18. The molecule has 0 aliphatic carbocycles. The highest BCUT2D eigenvalue weighted by Crippen LogP contribution is 2.33. The van der Waals surface area contributed by atoms with Crippen LogP contribution in [0.2, 0.25) is 5.02 Å². The number of carbonyl (C=O) groups is 1. The van der Waals surface area contributed by atoms with Crippen molar-refractivity contribution < 1.29 is 23.8 Å². The third-order valence-electron chi connectivity index (χ3n) is 3.03. The van der Waals surface area contributed by atoms with Gasteiger partial charge in [-0.3, -0.25) is 0 Å². The van der Waals surface area contributed by atoms with Gasteiger partial charge in [-0.2, -0.15) is 4.98 Å². The van der Waals surface area contributed by atoms with Crippen LogP contribution in [0.1, 0.15) is 6.92 Å². The quantitative estimate of drug-likeness (QED) is 0.756. The first-order chi connectivity index (χ1) is 11.0. The predicted octanol–water partition coefficient (Wildman–Crippen LogP) is 4.13. The molecule has 0 aliphatic heterocycles. The lowest BCUT2D eigenvalue weighted by molar-refractivity contribution is -0.144. The van der Waals surface area contributed by atoms with E-state index in [9.17, 15) is 4.79 Å². The van der Waals surface area contributed by atoms with Crippen LogP contribution in [0.3, 0.4) is 0 Å². The zero-order valence-corrected chi connectivity index (χ0v) is 12.8. The van der Waals surface area contributed by atoms with Crippen LogP contribution in [-0.2, 0) is 4.79 Å². The number of benzene rings is 2. The molecule has 1 heterocycles. The molecule has 7 heteroatoms. The lowest BCUT2D eigenvalue weighted by Crippen LogP contribution is -2.23. The molecule has 0 spiro atoms. The zero-order chi connectivity index (χ0) is 16.4. The van der Waals surface area contributed by atoms with Gasteiger partial charge >= 0.3 is 12.0 Å². The number of rotatable bonds is 5. The van der Waals surface area contributed by atoms with Crippen molar-refractivity contribution >= 4 is 28.7 Å². The number of oxazole rings is 1. The van der Waals surface area contributed by atoms with Crippen molar-refractivity contribution in [1.82, 2.24) is 4.98 Å². The minimum atomic E-state index is -1.07. The number of halogens is 1. The summed E-state index contributed by atoms with van der Waals surface area (Å²) in [4.78, 5) is 15.1. The number of ether oxygens (including phenoxy) is 2. The van der Waals surface area contributed by atoms with Gasteiger partial charge in [0.25, 0.3) is 0 Å². The maximum atomic E-state index is 10.9. The van der Waals surface area contributed by atoms with E-state index in [0.29, 0.717) is 21.9 Å². The summed E-state index contributed by atoms with van der Waals surface area (Å²) in [6.07, 6.45) is -0.997. The molecular weight excluding hydrogens is 322 g/mol. The first-order valence-electron chi connectivity index (χ1n) is 6.75. The van der Waals surface area contributed by atoms with Gasteiger partial charge in [0.2, 0.25) is 0 Å². The number of aliphatic carboxylic acids is 1. The van der Waals surface area contributed by atoms with Gasteiger partial charge < -0.3 is 19.0 Å². The van der Waals surface area contributed by atoms with Gasteiger partial charge in [-0.05, 0) is 31.2 Å². The van der Waals surface area contributed by atoms with Gasteiger partial charge in [0.15, 0.2) is 23.2 Å². The van der Waals surface area contributed by atoms with Gasteiger partial charge in [-0.15, -0.1) is 0 Å². The number of nitrogens with zero attached hydrogens (tertiary/aromatic N) is 1. The molecule has 1 aromatic heterocycles. The molecule has 0 saturated heterocycles. The number of hydrogen-bond acceptors (Lipinski definition) is 5. The summed E-state index contributed by atoms with van der Waals surface area (Å²) < 4.78 is 16.4. The van der Waals surface area contributed by atoms with Crippen LogP contribution in [0.15, 0.2) is 46.9 Å². The highest BCUT2D eigenvalue weighted by molar-refractivity contribution is 6.31. The third-order valence-corrected chi connectivity index (χ3v) is 3.26. The molecule has 0 saturated carbocycles. The minimum Gasteiger partial charge on any atom is -0.479 e. The molecule has 0 amide bonds. The van der Waals surface area contributed by atoms with E-state index in [1.165, 1.54) is 6.92 Å². The molecule has 1 N–H and O–H groups in total. The van der Waals surface area contributed by atoms with Gasteiger partial charge in [-0.25, -0.2) is 4.79 Å². The minimum absolute atomic E-state index is 0.0151. The largest absolute Gasteiger partial charge is 0.479 e. The predicted molar refractivity (Wildman–Crippen MR) is 83.3 cm³/mol. The number of carboxylic acid groups (broad SMARTS) is 1. The van der Waals surface area contributed by atoms with E-state index in [-0.39, 0.29) is 11.8 Å². The van der Waals surface area contributed by atoms with E-state index < -0.39 is 12.1 Å². The van der Waals surface area contributed by atoms with E-state index >= 15 is 0 Å². The molecule has 0 fully saturated rings. The van der Waals surface area contributed by atoms with Crippen LogP contribution in [0.4, 0.5) is 0 Å². The van der Waals surface area contributed by atoms with Crippen LogP contribution in [0.5, 0.6) is 17.6 Å². The average Bonchev–Trinajstić information content (AvgIpc) is 2.90. The molecule has 0 radical (unpaired) electrons. The summed E-state index contributed by atoms with van der Waals surface area (Å²) in [6.45, 7) is 1.43. The standard InChI is InChI=1S/C16H12ClNO5/c1-9(15(19)20)21-12-4-2-3-5-13(12)22-16-18-11-7-6-10(17)8-14(11)23-16/h2-9H,1H3,(H,19,20). The van der Waals surface area contributed by atoms with Gasteiger partial charge in [0.05, 0.1) is 0 Å². The van der Waals surface area contributed by atoms with Crippen LogP contribution < -0.4 is 9.47 Å². The lowest BCUT2D eigenvalue weighted by atomic mass is 10.3. The molecule has 3 aromatic rings. The molecule has 23 heavy (non-hydrogen) atoms. The van der Waals surface area contributed by atoms with Crippen molar-refractivity contribution in [3.8, 4) is 17.6 Å². The summed E-state index contributed by atoms with van der Waals surface area (Å²) in [6, 6.07) is 11.7. The van der Waals surface area contributed by atoms with Crippen molar-refractivity contribution in [3.05, 3.63) is 47.5 Å². The Morgan fingerprint density at radius 2 is 2.00 bits per heavy atom. The van der Waals surface area contributed by atoms with Crippen LogP contribution in [0, 0.1) is 0 Å². The summed E-state index contributed by atoms with van der Waals surface area (Å²) in [5.41, 5.74) is 1.09. The van der Waals surface area contributed by atoms with Crippen molar-refractivity contribution in [2.45, 2.75) is 13.0 Å². The number of carboxylic acids is 1. The maximum absolute atomic E-state index is 10.9. The molecule has 0 aliphatic rings. The Bertz CT molecular complexity index is 861.